The first-order valence-electron chi connectivity index (χ1n) is 8.11. The highest BCUT2D eigenvalue weighted by Gasteiger charge is 2.04. The summed E-state index contributed by atoms with van der Waals surface area (Å²) in [5.74, 6) is 0.744. The van der Waals surface area contributed by atoms with E-state index >= 15 is 0 Å². The number of nitrogens with zero attached hydrogens (tertiary/aromatic N) is 2. The number of nitrogens with one attached hydrogen (secondary N) is 1. The van der Waals surface area contributed by atoms with Crippen molar-refractivity contribution in [2.24, 2.45) is 5.10 Å². The maximum absolute atomic E-state index is 10.8. The Kier molecular flexibility index (Phi) is 6.02. The van der Waals surface area contributed by atoms with Crippen molar-refractivity contribution in [2.75, 3.05) is 5.43 Å². The lowest BCUT2D eigenvalue weighted by Crippen LogP contribution is -1.95. The first kappa shape index (κ1) is 18.4. The first-order chi connectivity index (χ1) is 13.1. The first-order valence-corrected chi connectivity index (χ1v) is 8.49. The van der Waals surface area contributed by atoms with Gasteiger partial charge < -0.3 is 4.74 Å². The van der Waals surface area contributed by atoms with Crippen molar-refractivity contribution >= 4 is 29.2 Å². The molecule has 1 N–H and O–H groups in total. The number of hydrazone groups is 1. The van der Waals surface area contributed by atoms with Gasteiger partial charge in [-0.25, -0.2) is 0 Å². The van der Waals surface area contributed by atoms with Gasteiger partial charge in [-0.05, 0) is 53.6 Å². The van der Waals surface area contributed by atoms with E-state index in [4.69, 9.17) is 16.3 Å². The highest BCUT2D eigenvalue weighted by atomic mass is 35.5. The van der Waals surface area contributed by atoms with Gasteiger partial charge in [0.05, 0.1) is 16.8 Å². The van der Waals surface area contributed by atoms with Gasteiger partial charge in [-0.1, -0.05) is 29.8 Å². The second-order valence-electron chi connectivity index (χ2n) is 5.66. The summed E-state index contributed by atoms with van der Waals surface area (Å²) in [6, 6.07) is 21.1. The van der Waals surface area contributed by atoms with Crippen LogP contribution in [0.2, 0.25) is 5.02 Å². The molecule has 0 saturated carbocycles. The molecule has 7 heteroatoms. The molecule has 3 aromatic rings. The van der Waals surface area contributed by atoms with Crippen molar-refractivity contribution in [1.29, 1.82) is 0 Å². The zero-order chi connectivity index (χ0) is 19.1. The Morgan fingerprint density at radius 2 is 1.81 bits per heavy atom. The number of nitro benzene ring substituents is 1. The van der Waals surface area contributed by atoms with Gasteiger partial charge in [-0.15, -0.1) is 0 Å². The van der Waals surface area contributed by atoms with Crippen molar-refractivity contribution in [3.8, 4) is 5.75 Å². The van der Waals surface area contributed by atoms with Crippen molar-refractivity contribution in [1.82, 2.24) is 0 Å². The maximum atomic E-state index is 10.8. The number of nitro groups is 1. The van der Waals surface area contributed by atoms with Crippen LogP contribution in [0.1, 0.15) is 11.1 Å². The molecule has 0 spiro atoms. The van der Waals surface area contributed by atoms with E-state index in [-0.39, 0.29) is 5.69 Å². The molecular weight excluding hydrogens is 366 g/mol. The molecule has 0 aliphatic carbocycles. The monoisotopic (exact) mass is 381 g/mol. The van der Waals surface area contributed by atoms with Gasteiger partial charge in [-0.2, -0.15) is 5.10 Å². The van der Waals surface area contributed by atoms with Crippen LogP contribution in [0, 0.1) is 10.1 Å². The molecule has 0 amide bonds. The van der Waals surface area contributed by atoms with Crippen LogP contribution in [0.5, 0.6) is 5.75 Å². The highest BCUT2D eigenvalue weighted by Crippen LogP contribution is 2.17. The van der Waals surface area contributed by atoms with E-state index in [9.17, 15) is 10.1 Å². The fraction of sp³-hybridized carbons (Fsp3) is 0.0500. The predicted molar refractivity (Wildman–Crippen MR) is 107 cm³/mol. The lowest BCUT2D eigenvalue weighted by Gasteiger charge is -2.06. The van der Waals surface area contributed by atoms with Crippen molar-refractivity contribution in [3.05, 3.63) is 99.1 Å². The minimum Gasteiger partial charge on any atom is -0.489 e. The van der Waals surface area contributed by atoms with Crippen LogP contribution in [-0.4, -0.2) is 11.1 Å². The van der Waals surface area contributed by atoms with Crippen LogP contribution in [0.15, 0.2) is 77.9 Å². The summed E-state index contributed by atoms with van der Waals surface area (Å²) in [6.07, 6.45) is 1.63. The lowest BCUT2D eigenvalue weighted by atomic mass is 10.2. The van der Waals surface area contributed by atoms with E-state index in [2.05, 4.69) is 10.5 Å². The average Bonchev–Trinajstić information content (AvgIpc) is 2.69. The molecule has 0 saturated heterocycles. The Morgan fingerprint density at radius 1 is 1.07 bits per heavy atom. The molecule has 3 rings (SSSR count). The molecule has 0 radical (unpaired) electrons. The summed E-state index contributed by atoms with van der Waals surface area (Å²) >= 11 is 5.86. The van der Waals surface area contributed by atoms with Gasteiger partial charge in [0, 0.05) is 17.2 Å². The zero-order valence-electron chi connectivity index (χ0n) is 14.2. The number of hydrogen-bond acceptors (Lipinski definition) is 5. The molecule has 3 aromatic carbocycles. The SMILES string of the molecule is O=[N+]([O-])c1cccc(NN=Cc2ccc(OCc3ccc(Cl)cc3)cc2)c1. The van der Waals surface area contributed by atoms with E-state index < -0.39 is 4.92 Å². The molecule has 0 atom stereocenters. The number of ether oxygens (including phenoxy) is 1. The van der Waals surface area contributed by atoms with Crippen molar-refractivity contribution in [2.45, 2.75) is 6.61 Å². The topological polar surface area (TPSA) is 76.8 Å². The zero-order valence-corrected chi connectivity index (χ0v) is 15.0. The van der Waals surface area contributed by atoms with Gasteiger partial charge in [0.25, 0.3) is 5.69 Å². The summed E-state index contributed by atoms with van der Waals surface area (Å²) in [4.78, 5) is 10.3. The molecule has 0 aliphatic rings. The van der Waals surface area contributed by atoms with E-state index in [1.165, 1.54) is 12.1 Å². The third kappa shape index (κ3) is 5.55. The normalized spacial score (nSPS) is 10.7. The Hall–Kier alpha value is -3.38. The summed E-state index contributed by atoms with van der Waals surface area (Å²) in [5, 5.41) is 15.5. The Morgan fingerprint density at radius 3 is 2.52 bits per heavy atom. The second-order valence-corrected chi connectivity index (χ2v) is 6.10. The molecule has 0 heterocycles. The fourth-order valence-electron chi connectivity index (χ4n) is 2.27. The minimum absolute atomic E-state index is 0.0115. The van der Waals surface area contributed by atoms with Crippen LogP contribution >= 0.6 is 11.6 Å². The molecule has 136 valence electrons. The van der Waals surface area contributed by atoms with Crippen LogP contribution in [-0.2, 0) is 6.61 Å². The third-order valence-electron chi connectivity index (χ3n) is 3.66. The molecule has 27 heavy (non-hydrogen) atoms. The summed E-state index contributed by atoms with van der Waals surface area (Å²) in [5.41, 5.74) is 5.23. The number of hydrogen-bond donors (Lipinski definition) is 1. The molecule has 6 nitrogen and oxygen atoms in total. The Labute approximate surface area is 161 Å². The lowest BCUT2D eigenvalue weighted by molar-refractivity contribution is -0.384. The number of anilines is 1. The van der Waals surface area contributed by atoms with E-state index in [0.29, 0.717) is 17.3 Å². The minimum atomic E-state index is -0.447. The number of rotatable bonds is 7. The molecule has 0 unspecified atom stereocenters. The Balaban J connectivity index is 1.54. The fourth-order valence-corrected chi connectivity index (χ4v) is 2.39. The van der Waals surface area contributed by atoms with E-state index in [1.807, 2.05) is 48.5 Å². The quantitative estimate of drug-likeness (QED) is 0.343. The van der Waals surface area contributed by atoms with E-state index in [1.54, 1.807) is 18.3 Å². The van der Waals surface area contributed by atoms with Gasteiger partial charge in [0.1, 0.15) is 12.4 Å². The molecule has 0 aliphatic heterocycles. The third-order valence-corrected chi connectivity index (χ3v) is 3.92. The molecule has 0 fully saturated rings. The second kappa shape index (κ2) is 8.82. The largest absolute Gasteiger partial charge is 0.489 e. The van der Waals surface area contributed by atoms with Gasteiger partial charge in [-0.3, -0.25) is 15.5 Å². The summed E-state index contributed by atoms with van der Waals surface area (Å²) < 4.78 is 5.73. The standard InChI is InChI=1S/C20H16ClN3O3/c21-17-8-4-16(5-9-17)14-27-20-10-6-15(7-11-20)13-22-23-18-2-1-3-19(12-18)24(25)26/h1-13,23H,14H2. The number of halogens is 1. The van der Waals surface area contributed by atoms with Crippen LogP contribution in [0.3, 0.4) is 0 Å². The highest BCUT2D eigenvalue weighted by molar-refractivity contribution is 6.30. The average molecular weight is 382 g/mol. The van der Waals surface area contributed by atoms with Crippen molar-refractivity contribution in [3.63, 3.8) is 0 Å². The van der Waals surface area contributed by atoms with Crippen molar-refractivity contribution < 1.29 is 9.66 Å². The van der Waals surface area contributed by atoms with Crippen LogP contribution in [0.4, 0.5) is 11.4 Å². The smallest absolute Gasteiger partial charge is 0.271 e. The Bertz CT molecular complexity index is 941. The molecule has 0 bridgehead atoms. The van der Waals surface area contributed by atoms with Crippen LogP contribution in [0.25, 0.3) is 0 Å². The number of benzene rings is 3. The predicted octanol–water partition coefficient (Wildman–Crippen LogP) is 5.27. The molecular formula is C20H16ClN3O3. The van der Waals surface area contributed by atoms with Gasteiger partial charge >= 0.3 is 0 Å². The van der Waals surface area contributed by atoms with Crippen LogP contribution < -0.4 is 10.2 Å². The van der Waals surface area contributed by atoms with E-state index in [0.717, 1.165) is 16.9 Å². The van der Waals surface area contributed by atoms with Gasteiger partial charge in [0.15, 0.2) is 0 Å². The summed E-state index contributed by atoms with van der Waals surface area (Å²) in [7, 11) is 0. The summed E-state index contributed by atoms with van der Waals surface area (Å²) in [6.45, 7) is 0.457. The van der Waals surface area contributed by atoms with Gasteiger partial charge in [0.2, 0.25) is 0 Å². The maximum Gasteiger partial charge on any atom is 0.271 e. The molecule has 0 aromatic heterocycles. The number of non-ortho nitro benzene ring substituents is 1.